The Morgan fingerprint density at radius 3 is 2.89 bits per heavy atom. The third kappa shape index (κ3) is 3.07. The highest BCUT2D eigenvalue weighted by molar-refractivity contribution is 7.09. The lowest BCUT2D eigenvalue weighted by Gasteiger charge is -2.05. The van der Waals surface area contributed by atoms with Gasteiger partial charge >= 0.3 is 0 Å². The normalized spacial score (nSPS) is 10.3. The van der Waals surface area contributed by atoms with Crippen molar-refractivity contribution < 1.29 is 9.90 Å². The molecule has 94 valence electrons. The Hall–Kier alpha value is -1.88. The number of thiazole rings is 1. The highest BCUT2D eigenvalue weighted by atomic mass is 32.1. The Kier molecular flexibility index (Phi) is 3.94. The molecule has 0 bridgehead atoms. The molecule has 0 aliphatic rings. The molecule has 4 nitrogen and oxygen atoms in total. The average molecular weight is 262 g/mol. The van der Waals surface area contributed by atoms with Crippen LogP contribution in [0.25, 0.3) is 0 Å². The van der Waals surface area contributed by atoms with E-state index in [0.717, 1.165) is 10.7 Å². The summed E-state index contributed by atoms with van der Waals surface area (Å²) in [5.41, 5.74) is 1.28. The van der Waals surface area contributed by atoms with Gasteiger partial charge in [-0.15, -0.1) is 11.3 Å². The monoisotopic (exact) mass is 262 g/mol. The van der Waals surface area contributed by atoms with E-state index >= 15 is 0 Å². The van der Waals surface area contributed by atoms with Crippen molar-refractivity contribution in [1.29, 1.82) is 0 Å². The van der Waals surface area contributed by atoms with E-state index in [1.54, 1.807) is 29.5 Å². The number of carbonyl (C=O) groups is 1. The zero-order chi connectivity index (χ0) is 13.0. The second-order valence-electron chi connectivity index (χ2n) is 3.88. The summed E-state index contributed by atoms with van der Waals surface area (Å²) in [6.45, 7) is 2.46. The van der Waals surface area contributed by atoms with Gasteiger partial charge in [-0.1, -0.05) is 12.1 Å². The second-order valence-corrected chi connectivity index (χ2v) is 4.94. The zero-order valence-electron chi connectivity index (χ0n) is 10.0. The standard InChI is InChI=1S/C13H14N2O2S/c1-9-15-10(8-18-9)6-7-14-13(17)11-4-2-3-5-12(11)16/h2-5,8,16H,6-7H2,1H3,(H,14,17). The molecule has 0 atom stereocenters. The first kappa shape index (κ1) is 12.6. The summed E-state index contributed by atoms with van der Waals surface area (Å²) >= 11 is 1.60. The molecule has 1 aromatic heterocycles. The Bertz CT molecular complexity index is 551. The van der Waals surface area contributed by atoms with Crippen molar-refractivity contribution in [1.82, 2.24) is 10.3 Å². The largest absolute Gasteiger partial charge is 0.507 e. The molecule has 0 radical (unpaired) electrons. The van der Waals surface area contributed by atoms with E-state index in [0.29, 0.717) is 18.5 Å². The number of carbonyl (C=O) groups excluding carboxylic acids is 1. The van der Waals surface area contributed by atoms with Gasteiger partial charge in [0, 0.05) is 18.3 Å². The summed E-state index contributed by atoms with van der Waals surface area (Å²) in [6, 6.07) is 6.50. The van der Waals surface area contributed by atoms with Crippen LogP contribution in [0.5, 0.6) is 5.75 Å². The van der Waals surface area contributed by atoms with Crippen molar-refractivity contribution in [2.45, 2.75) is 13.3 Å². The van der Waals surface area contributed by atoms with Gasteiger partial charge in [0.1, 0.15) is 5.75 Å². The fourth-order valence-corrected chi connectivity index (χ4v) is 2.24. The molecule has 0 unspecified atom stereocenters. The van der Waals surface area contributed by atoms with Crippen LogP contribution in [0.15, 0.2) is 29.6 Å². The van der Waals surface area contributed by atoms with Crippen LogP contribution in [0.1, 0.15) is 21.1 Å². The highest BCUT2D eigenvalue weighted by Gasteiger charge is 2.09. The third-order valence-electron chi connectivity index (χ3n) is 2.48. The van der Waals surface area contributed by atoms with E-state index in [2.05, 4.69) is 10.3 Å². The highest BCUT2D eigenvalue weighted by Crippen LogP contribution is 2.15. The van der Waals surface area contributed by atoms with Gasteiger partial charge in [0.05, 0.1) is 16.3 Å². The number of para-hydroxylation sites is 1. The summed E-state index contributed by atoms with van der Waals surface area (Å²) in [7, 11) is 0. The molecule has 2 rings (SSSR count). The number of nitrogens with zero attached hydrogens (tertiary/aromatic N) is 1. The van der Waals surface area contributed by atoms with Crippen LogP contribution in [0, 0.1) is 6.92 Å². The van der Waals surface area contributed by atoms with E-state index in [1.807, 2.05) is 12.3 Å². The van der Waals surface area contributed by atoms with Crippen molar-refractivity contribution >= 4 is 17.2 Å². The Balaban J connectivity index is 1.87. The number of aromatic nitrogens is 1. The lowest BCUT2D eigenvalue weighted by atomic mass is 10.2. The lowest BCUT2D eigenvalue weighted by molar-refractivity contribution is 0.0951. The van der Waals surface area contributed by atoms with Gasteiger partial charge in [0.25, 0.3) is 5.91 Å². The Labute approximate surface area is 109 Å². The van der Waals surface area contributed by atoms with Crippen LogP contribution in [0.2, 0.25) is 0 Å². The average Bonchev–Trinajstić information content (AvgIpc) is 2.75. The van der Waals surface area contributed by atoms with Gasteiger partial charge in [-0.25, -0.2) is 4.98 Å². The second kappa shape index (κ2) is 5.64. The summed E-state index contributed by atoms with van der Waals surface area (Å²) in [4.78, 5) is 16.1. The predicted molar refractivity (Wildman–Crippen MR) is 71.0 cm³/mol. The molecule has 2 aromatic rings. The van der Waals surface area contributed by atoms with Gasteiger partial charge in [0.2, 0.25) is 0 Å². The van der Waals surface area contributed by atoms with Crippen LogP contribution in [0.4, 0.5) is 0 Å². The summed E-state index contributed by atoms with van der Waals surface area (Å²) in [5.74, 6) is -0.264. The van der Waals surface area contributed by atoms with Gasteiger partial charge in [-0.2, -0.15) is 0 Å². The molecule has 0 saturated carbocycles. The quantitative estimate of drug-likeness (QED) is 0.887. The summed E-state index contributed by atoms with van der Waals surface area (Å²) < 4.78 is 0. The maximum Gasteiger partial charge on any atom is 0.255 e. The van der Waals surface area contributed by atoms with Crippen LogP contribution in [-0.4, -0.2) is 22.5 Å². The van der Waals surface area contributed by atoms with E-state index in [4.69, 9.17) is 0 Å². The number of hydrogen-bond acceptors (Lipinski definition) is 4. The minimum atomic E-state index is -0.264. The maximum absolute atomic E-state index is 11.8. The van der Waals surface area contributed by atoms with Crippen molar-refractivity contribution in [3.63, 3.8) is 0 Å². The number of rotatable bonds is 4. The van der Waals surface area contributed by atoms with Crippen LogP contribution in [0.3, 0.4) is 0 Å². The number of phenolic OH excluding ortho intramolecular Hbond substituents is 1. The third-order valence-corrected chi connectivity index (χ3v) is 3.30. The minimum Gasteiger partial charge on any atom is -0.507 e. The molecular weight excluding hydrogens is 248 g/mol. The molecule has 2 N–H and O–H groups in total. The fraction of sp³-hybridized carbons (Fsp3) is 0.231. The molecule has 18 heavy (non-hydrogen) atoms. The maximum atomic E-state index is 11.8. The van der Waals surface area contributed by atoms with Gasteiger partial charge < -0.3 is 10.4 Å². The zero-order valence-corrected chi connectivity index (χ0v) is 10.8. The van der Waals surface area contributed by atoms with Crippen LogP contribution in [-0.2, 0) is 6.42 Å². The van der Waals surface area contributed by atoms with Gasteiger partial charge in [0.15, 0.2) is 0 Å². The topological polar surface area (TPSA) is 62.2 Å². The number of amides is 1. The number of benzene rings is 1. The number of aryl methyl sites for hydroxylation is 1. The van der Waals surface area contributed by atoms with Gasteiger partial charge in [-0.3, -0.25) is 4.79 Å². The number of nitrogens with one attached hydrogen (secondary N) is 1. The molecule has 0 aliphatic heterocycles. The lowest BCUT2D eigenvalue weighted by Crippen LogP contribution is -2.25. The van der Waals surface area contributed by atoms with E-state index < -0.39 is 0 Å². The molecule has 5 heteroatoms. The summed E-state index contributed by atoms with van der Waals surface area (Å²) in [5, 5.41) is 15.3. The predicted octanol–water partition coefficient (Wildman–Crippen LogP) is 2.13. The van der Waals surface area contributed by atoms with Crippen molar-refractivity contribution in [3.8, 4) is 5.75 Å². The molecule has 0 fully saturated rings. The van der Waals surface area contributed by atoms with Gasteiger partial charge in [-0.05, 0) is 19.1 Å². The fourth-order valence-electron chi connectivity index (χ4n) is 1.59. The number of aromatic hydroxyl groups is 1. The Morgan fingerprint density at radius 1 is 1.44 bits per heavy atom. The number of hydrogen-bond donors (Lipinski definition) is 2. The van der Waals surface area contributed by atoms with Crippen molar-refractivity contribution in [3.05, 3.63) is 45.9 Å². The van der Waals surface area contributed by atoms with E-state index in [9.17, 15) is 9.90 Å². The minimum absolute atomic E-state index is 0.000460. The molecule has 0 saturated heterocycles. The first-order valence-corrected chi connectivity index (χ1v) is 6.52. The van der Waals surface area contributed by atoms with Crippen LogP contribution >= 0.6 is 11.3 Å². The van der Waals surface area contributed by atoms with Crippen LogP contribution < -0.4 is 5.32 Å². The first-order valence-electron chi connectivity index (χ1n) is 5.64. The first-order chi connectivity index (χ1) is 8.66. The van der Waals surface area contributed by atoms with Crippen molar-refractivity contribution in [2.24, 2.45) is 0 Å². The molecule has 1 heterocycles. The molecule has 0 spiro atoms. The Morgan fingerprint density at radius 2 is 2.22 bits per heavy atom. The molecular formula is C13H14N2O2S. The van der Waals surface area contributed by atoms with Crippen molar-refractivity contribution in [2.75, 3.05) is 6.54 Å². The van der Waals surface area contributed by atoms with E-state index in [1.165, 1.54) is 6.07 Å². The SMILES string of the molecule is Cc1nc(CCNC(=O)c2ccccc2O)cs1. The molecule has 1 aromatic carbocycles. The molecule has 1 amide bonds. The molecule has 0 aliphatic carbocycles. The summed E-state index contributed by atoms with van der Waals surface area (Å²) in [6.07, 6.45) is 0.698. The smallest absolute Gasteiger partial charge is 0.255 e. The number of phenols is 1. The van der Waals surface area contributed by atoms with E-state index in [-0.39, 0.29) is 11.7 Å².